The number of amides is 2. The Morgan fingerprint density at radius 2 is 1.82 bits per heavy atom. The van der Waals surface area contributed by atoms with Crippen molar-refractivity contribution in [2.75, 3.05) is 51.3 Å². The quantitative estimate of drug-likeness (QED) is 0.129. The second-order valence-electron chi connectivity index (χ2n) is 9.92. The Morgan fingerprint density at radius 1 is 1.13 bits per heavy atom. The minimum absolute atomic E-state index is 0.0279. The summed E-state index contributed by atoms with van der Waals surface area (Å²) in [6, 6.07) is 6.99. The number of benzene rings is 1. The highest BCUT2D eigenvalue weighted by atomic mass is 35.5. The molecule has 8 N–H and O–H groups in total. The molecule has 1 aromatic carbocycles. The number of ether oxygens (including phenoxy) is 1. The number of esters is 1. The van der Waals surface area contributed by atoms with E-state index in [0.717, 1.165) is 31.5 Å². The molecule has 2 bridgehead atoms. The van der Waals surface area contributed by atoms with Crippen LogP contribution in [0.25, 0.3) is 0 Å². The van der Waals surface area contributed by atoms with Gasteiger partial charge in [0.25, 0.3) is 11.8 Å². The molecular weight excluding hydrogens is 526 g/mol. The first-order valence-electron chi connectivity index (χ1n) is 12.6. The summed E-state index contributed by atoms with van der Waals surface area (Å²) in [6.45, 7) is 3.27. The number of aliphatic imine (C=N–C) groups is 1. The number of hydrogen-bond acceptors (Lipinski definition) is 9. The van der Waals surface area contributed by atoms with E-state index in [1.807, 2.05) is 12.1 Å². The molecule has 0 unspecified atom stereocenters. The van der Waals surface area contributed by atoms with Crippen LogP contribution in [-0.2, 0) is 16.0 Å². The van der Waals surface area contributed by atoms with Gasteiger partial charge in [-0.3, -0.25) is 14.9 Å². The molecule has 39 heavy (non-hydrogen) atoms. The maximum absolute atomic E-state index is 12.8. The molecular formula is C25H33ClN9O4+. The maximum atomic E-state index is 12.8. The normalized spacial score (nSPS) is 22.3. The van der Waals surface area contributed by atoms with Crippen molar-refractivity contribution in [2.45, 2.75) is 25.3 Å². The fourth-order valence-corrected chi connectivity index (χ4v) is 5.37. The van der Waals surface area contributed by atoms with Crippen molar-refractivity contribution in [1.82, 2.24) is 20.6 Å². The fraction of sp³-hybridized carbons (Fsp3) is 0.440. The zero-order chi connectivity index (χ0) is 28.2. The van der Waals surface area contributed by atoms with Crippen molar-refractivity contribution in [2.24, 2.45) is 16.6 Å². The smallest absolute Gasteiger partial charge is 0.337 e. The van der Waals surface area contributed by atoms with Crippen molar-refractivity contribution in [3.8, 4) is 0 Å². The van der Waals surface area contributed by atoms with E-state index in [-0.39, 0.29) is 46.4 Å². The van der Waals surface area contributed by atoms with Gasteiger partial charge in [-0.2, -0.15) is 0 Å². The molecule has 2 aromatic rings. The molecule has 0 radical (unpaired) electrons. The predicted octanol–water partition coefficient (Wildman–Crippen LogP) is 0.0934. The summed E-state index contributed by atoms with van der Waals surface area (Å²) in [4.78, 5) is 49.2. The molecule has 1 atom stereocenters. The highest BCUT2D eigenvalue weighted by Gasteiger charge is 2.47. The maximum Gasteiger partial charge on any atom is 0.337 e. The topological polar surface area (TPSA) is 201 Å². The van der Waals surface area contributed by atoms with Crippen molar-refractivity contribution in [3.63, 3.8) is 0 Å². The molecule has 3 aliphatic rings. The zero-order valence-corrected chi connectivity index (χ0v) is 22.4. The largest absolute Gasteiger partial charge is 0.465 e. The summed E-state index contributed by atoms with van der Waals surface area (Å²) in [5.74, 6) is -1.08. The lowest BCUT2D eigenvalue weighted by molar-refractivity contribution is -0.936. The number of nitrogens with one attached hydrogen (secondary N) is 2. The van der Waals surface area contributed by atoms with E-state index in [0.29, 0.717) is 42.0 Å². The molecule has 0 saturated carbocycles. The van der Waals surface area contributed by atoms with Crippen LogP contribution in [0.3, 0.4) is 0 Å². The number of hydrogen-bond donors (Lipinski definition) is 5. The Kier molecular flexibility index (Phi) is 8.51. The van der Waals surface area contributed by atoms with E-state index in [1.54, 1.807) is 12.1 Å². The molecule has 0 spiro atoms. The molecule has 14 heteroatoms. The first kappa shape index (κ1) is 28.0. The zero-order valence-electron chi connectivity index (χ0n) is 21.7. The van der Waals surface area contributed by atoms with Gasteiger partial charge in [0.05, 0.1) is 25.8 Å². The van der Waals surface area contributed by atoms with Crippen LogP contribution in [0.15, 0.2) is 29.3 Å². The molecule has 2 amide bonds. The second-order valence-corrected chi connectivity index (χ2v) is 10.3. The van der Waals surface area contributed by atoms with E-state index >= 15 is 0 Å². The van der Waals surface area contributed by atoms with Crippen LogP contribution in [0, 0.1) is 5.92 Å². The number of nitrogens with two attached hydrogens (primary N) is 3. The number of methoxy groups -OCH3 is 1. The number of halogens is 1. The molecule has 0 aliphatic carbocycles. The van der Waals surface area contributed by atoms with Gasteiger partial charge in [0.2, 0.25) is 0 Å². The number of carbonyl (C=O) groups excluding carboxylic acids is 3. The lowest BCUT2D eigenvalue weighted by Gasteiger charge is -2.51. The number of guanidine groups is 1. The minimum atomic E-state index is -0.687. The number of nitrogen functional groups attached to an aromatic ring is 2. The highest BCUT2D eigenvalue weighted by Crippen LogP contribution is 2.35. The predicted molar refractivity (Wildman–Crippen MR) is 146 cm³/mol. The van der Waals surface area contributed by atoms with Gasteiger partial charge in [0, 0.05) is 19.4 Å². The van der Waals surface area contributed by atoms with Crippen molar-refractivity contribution in [1.29, 1.82) is 0 Å². The summed E-state index contributed by atoms with van der Waals surface area (Å²) in [5, 5.41) is 5.37. The summed E-state index contributed by atoms with van der Waals surface area (Å²) in [7, 11) is 1.34. The Morgan fingerprint density at radius 3 is 2.49 bits per heavy atom. The summed E-state index contributed by atoms with van der Waals surface area (Å²) in [6.07, 6.45) is 2.48. The summed E-state index contributed by atoms with van der Waals surface area (Å²) >= 11 is 5.86. The van der Waals surface area contributed by atoms with E-state index in [2.05, 4.69) is 25.6 Å². The first-order valence-corrected chi connectivity index (χ1v) is 13.0. The lowest BCUT2D eigenvalue weighted by Crippen LogP contribution is -2.66. The SMILES string of the molecule is COC(=O)c1ccc(CCNC(=O)C[N+]23CCC(CC2)[C@H](N=C(N)NC(=O)c2nc(Cl)c(N)nc2N)C3)cc1. The van der Waals surface area contributed by atoms with Crippen LogP contribution in [-0.4, -0.2) is 84.1 Å². The number of aromatic nitrogens is 2. The third-order valence-corrected chi connectivity index (χ3v) is 7.60. The highest BCUT2D eigenvalue weighted by molar-refractivity contribution is 6.31. The molecule has 3 saturated heterocycles. The standard InChI is InChI=1S/C25H32ClN9O4/c1-39-24(38)16-4-2-14(3-5-16)6-9-30-18(36)13-35-10-7-15(8-11-35)17(12-35)31-25(29)34-23(37)19-21(27)33-22(28)20(26)32-19/h2-5,15,17H,6-13H2,1H3,(H7-,27,28,29,30,31,33,34,36,37)/p+1/t15?,17-,35?/m1/s1. The molecule has 4 heterocycles. The number of anilines is 2. The number of quaternary nitrogens is 1. The van der Waals surface area contributed by atoms with Crippen LogP contribution in [0.1, 0.15) is 39.3 Å². The monoisotopic (exact) mass is 558 g/mol. The fourth-order valence-electron chi connectivity index (χ4n) is 5.24. The number of carbonyl (C=O) groups is 3. The van der Waals surface area contributed by atoms with Gasteiger partial charge in [0.1, 0.15) is 12.6 Å². The van der Waals surface area contributed by atoms with Crippen LogP contribution in [0.4, 0.5) is 11.6 Å². The average Bonchev–Trinajstić information content (AvgIpc) is 2.91. The summed E-state index contributed by atoms with van der Waals surface area (Å²) < 4.78 is 5.33. The van der Waals surface area contributed by atoms with Gasteiger partial charge in [-0.15, -0.1) is 0 Å². The van der Waals surface area contributed by atoms with E-state index < -0.39 is 5.91 Å². The van der Waals surface area contributed by atoms with Gasteiger partial charge < -0.3 is 31.7 Å². The number of fused-ring (bicyclic) bond motifs is 3. The average molecular weight is 559 g/mol. The van der Waals surface area contributed by atoms with Crippen LogP contribution < -0.4 is 27.8 Å². The van der Waals surface area contributed by atoms with Crippen molar-refractivity contribution >= 4 is 47.0 Å². The Balaban J connectivity index is 1.30. The molecule has 1 aromatic heterocycles. The molecule has 5 rings (SSSR count). The van der Waals surface area contributed by atoms with Gasteiger partial charge in [-0.05, 0) is 30.0 Å². The van der Waals surface area contributed by atoms with Crippen molar-refractivity contribution in [3.05, 3.63) is 46.2 Å². The summed E-state index contributed by atoms with van der Waals surface area (Å²) in [5.41, 5.74) is 18.7. The van der Waals surface area contributed by atoms with Gasteiger partial charge in [-0.1, -0.05) is 23.7 Å². The van der Waals surface area contributed by atoms with Gasteiger partial charge >= 0.3 is 5.97 Å². The molecule has 3 fully saturated rings. The van der Waals surface area contributed by atoms with Crippen LogP contribution >= 0.6 is 11.6 Å². The Labute approximate surface area is 230 Å². The van der Waals surface area contributed by atoms with E-state index in [9.17, 15) is 14.4 Å². The van der Waals surface area contributed by atoms with Crippen molar-refractivity contribution < 1.29 is 23.6 Å². The Hall–Kier alpha value is -3.97. The van der Waals surface area contributed by atoms with Gasteiger partial charge in [-0.25, -0.2) is 19.8 Å². The minimum Gasteiger partial charge on any atom is -0.465 e. The third kappa shape index (κ3) is 6.73. The lowest BCUT2D eigenvalue weighted by atomic mass is 9.82. The van der Waals surface area contributed by atoms with E-state index in [1.165, 1.54) is 7.11 Å². The number of piperidine rings is 3. The molecule has 3 aliphatic heterocycles. The van der Waals surface area contributed by atoms with Crippen LogP contribution in [0.5, 0.6) is 0 Å². The molecule has 13 nitrogen and oxygen atoms in total. The molecule has 208 valence electrons. The first-order chi connectivity index (χ1) is 18.6. The van der Waals surface area contributed by atoms with Gasteiger partial charge in [0.15, 0.2) is 35.0 Å². The van der Waals surface area contributed by atoms with E-state index in [4.69, 9.17) is 33.5 Å². The second kappa shape index (κ2) is 11.8. The Bertz CT molecular complexity index is 1280. The number of nitrogens with zero attached hydrogens (tertiary/aromatic N) is 4. The third-order valence-electron chi connectivity index (χ3n) is 7.32. The number of rotatable bonds is 8. The van der Waals surface area contributed by atoms with Crippen LogP contribution in [0.2, 0.25) is 5.15 Å².